The third kappa shape index (κ3) is 2.65. The predicted molar refractivity (Wildman–Crippen MR) is 52.2 cm³/mol. The summed E-state index contributed by atoms with van der Waals surface area (Å²) in [5.74, 6) is 0. The molecule has 0 bridgehead atoms. The van der Waals surface area contributed by atoms with E-state index in [1.807, 2.05) is 0 Å². The highest BCUT2D eigenvalue weighted by atomic mass is 32.2. The zero-order valence-electron chi connectivity index (χ0n) is 7.51. The zero-order chi connectivity index (χ0) is 10.6. The number of carbonyl (C=O) groups excluding carboxylic acids is 1. The summed E-state index contributed by atoms with van der Waals surface area (Å²) >= 11 is 0. The summed E-state index contributed by atoms with van der Waals surface area (Å²) in [6.45, 7) is 0. The number of hydrogen-bond donors (Lipinski definition) is 1. The highest BCUT2D eigenvalue weighted by Gasteiger charge is 2.11. The Morgan fingerprint density at radius 1 is 1.29 bits per heavy atom. The molecule has 2 N–H and O–H groups in total. The zero-order valence-corrected chi connectivity index (χ0v) is 8.33. The molecule has 0 heterocycles. The average Bonchev–Trinajstić information content (AvgIpc) is 2.14. The van der Waals surface area contributed by atoms with Crippen LogP contribution < -0.4 is 5.14 Å². The molecule has 0 saturated heterocycles. The van der Waals surface area contributed by atoms with Crippen LogP contribution in [0.15, 0.2) is 29.2 Å². The van der Waals surface area contributed by atoms with Gasteiger partial charge in [0.2, 0.25) is 10.0 Å². The number of primary sulfonamides is 1. The van der Waals surface area contributed by atoms with Crippen LogP contribution in [0.4, 0.5) is 0 Å². The van der Waals surface area contributed by atoms with Crippen LogP contribution >= 0.6 is 0 Å². The van der Waals surface area contributed by atoms with E-state index in [1.165, 1.54) is 6.07 Å². The molecule has 0 spiro atoms. The summed E-state index contributed by atoms with van der Waals surface area (Å²) in [7, 11) is -3.68. The van der Waals surface area contributed by atoms with Crippen LogP contribution in [-0.4, -0.2) is 14.7 Å². The Hall–Kier alpha value is -1.20. The first-order chi connectivity index (χ1) is 6.55. The van der Waals surface area contributed by atoms with Crippen molar-refractivity contribution in [1.82, 2.24) is 0 Å². The molecular weight excluding hydrogens is 202 g/mol. The largest absolute Gasteiger partial charge is 0.303 e. The summed E-state index contributed by atoms with van der Waals surface area (Å²) in [4.78, 5) is 10.3. The van der Waals surface area contributed by atoms with Gasteiger partial charge in [0.05, 0.1) is 4.90 Å². The topological polar surface area (TPSA) is 77.2 Å². The molecule has 1 aromatic carbocycles. The molecule has 0 atom stereocenters. The molecule has 0 fully saturated rings. The smallest absolute Gasteiger partial charge is 0.238 e. The lowest BCUT2D eigenvalue weighted by Gasteiger charge is -2.04. The Labute approximate surface area is 82.8 Å². The van der Waals surface area contributed by atoms with E-state index in [4.69, 9.17) is 5.14 Å². The van der Waals surface area contributed by atoms with Gasteiger partial charge in [-0.25, -0.2) is 13.6 Å². The normalized spacial score (nSPS) is 11.2. The second kappa shape index (κ2) is 4.34. The van der Waals surface area contributed by atoms with Gasteiger partial charge < -0.3 is 4.79 Å². The molecule has 5 heteroatoms. The van der Waals surface area contributed by atoms with Crippen molar-refractivity contribution in [2.24, 2.45) is 5.14 Å². The molecule has 76 valence electrons. The van der Waals surface area contributed by atoms with Gasteiger partial charge in [-0.2, -0.15) is 0 Å². The number of sulfonamides is 1. The molecule has 1 aromatic rings. The van der Waals surface area contributed by atoms with Crippen molar-refractivity contribution in [3.05, 3.63) is 29.8 Å². The second-order valence-corrected chi connectivity index (χ2v) is 4.39. The summed E-state index contributed by atoms with van der Waals surface area (Å²) in [5.41, 5.74) is 0.585. The molecule has 0 saturated carbocycles. The lowest BCUT2D eigenvalue weighted by Crippen LogP contribution is -2.14. The molecule has 0 radical (unpaired) electrons. The van der Waals surface area contributed by atoms with Crippen LogP contribution in [0.2, 0.25) is 0 Å². The Bertz CT molecular complexity index is 425. The van der Waals surface area contributed by atoms with Gasteiger partial charge in [-0.3, -0.25) is 0 Å². The molecule has 0 aromatic heterocycles. The maximum Gasteiger partial charge on any atom is 0.238 e. The van der Waals surface area contributed by atoms with Crippen molar-refractivity contribution in [2.45, 2.75) is 17.7 Å². The second-order valence-electron chi connectivity index (χ2n) is 2.86. The molecule has 0 unspecified atom stereocenters. The van der Waals surface area contributed by atoms with Crippen LogP contribution in [0.1, 0.15) is 12.0 Å². The van der Waals surface area contributed by atoms with Crippen molar-refractivity contribution in [3.8, 4) is 0 Å². The van der Waals surface area contributed by atoms with Gasteiger partial charge in [0.1, 0.15) is 6.29 Å². The first-order valence-electron chi connectivity index (χ1n) is 4.10. The van der Waals surface area contributed by atoms with Crippen molar-refractivity contribution in [1.29, 1.82) is 0 Å². The van der Waals surface area contributed by atoms with E-state index < -0.39 is 10.0 Å². The van der Waals surface area contributed by atoms with Gasteiger partial charge >= 0.3 is 0 Å². The van der Waals surface area contributed by atoms with Crippen molar-refractivity contribution in [2.75, 3.05) is 0 Å². The molecular formula is C9H11NO3S. The molecule has 0 aliphatic heterocycles. The Balaban J connectivity index is 3.10. The van der Waals surface area contributed by atoms with E-state index in [-0.39, 0.29) is 4.90 Å². The van der Waals surface area contributed by atoms with E-state index in [0.717, 1.165) is 6.29 Å². The fraction of sp³-hybridized carbons (Fsp3) is 0.222. The Morgan fingerprint density at radius 3 is 2.50 bits per heavy atom. The number of nitrogens with two attached hydrogens (primary N) is 1. The number of carbonyl (C=O) groups is 1. The number of benzene rings is 1. The van der Waals surface area contributed by atoms with Crippen LogP contribution in [0, 0.1) is 0 Å². The minimum atomic E-state index is -3.68. The minimum absolute atomic E-state index is 0.0989. The van der Waals surface area contributed by atoms with Crippen LogP contribution in [0.5, 0.6) is 0 Å². The lowest BCUT2D eigenvalue weighted by molar-refractivity contribution is -0.107. The summed E-state index contributed by atoms with van der Waals surface area (Å²) in [6, 6.07) is 6.41. The SMILES string of the molecule is NS(=O)(=O)c1ccccc1CCC=O. The van der Waals surface area contributed by atoms with E-state index >= 15 is 0 Å². The first-order valence-corrected chi connectivity index (χ1v) is 5.64. The van der Waals surface area contributed by atoms with E-state index in [9.17, 15) is 13.2 Å². The highest BCUT2D eigenvalue weighted by molar-refractivity contribution is 7.89. The maximum atomic E-state index is 11.1. The molecule has 1 rings (SSSR count). The average molecular weight is 213 g/mol. The molecule has 4 nitrogen and oxygen atoms in total. The summed E-state index contributed by atoms with van der Waals surface area (Å²) < 4.78 is 22.2. The minimum Gasteiger partial charge on any atom is -0.303 e. The van der Waals surface area contributed by atoms with Crippen molar-refractivity contribution in [3.63, 3.8) is 0 Å². The number of aldehydes is 1. The van der Waals surface area contributed by atoms with Crippen LogP contribution in [-0.2, 0) is 21.2 Å². The fourth-order valence-electron chi connectivity index (χ4n) is 1.20. The van der Waals surface area contributed by atoms with Crippen LogP contribution in [0.25, 0.3) is 0 Å². The summed E-state index contributed by atoms with van der Waals surface area (Å²) in [6.07, 6.45) is 1.45. The van der Waals surface area contributed by atoms with E-state index in [2.05, 4.69) is 0 Å². The van der Waals surface area contributed by atoms with Gasteiger partial charge in [-0.1, -0.05) is 18.2 Å². The fourth-order valence-corrected chi connectivity index (χ4v) is 2.01. The van der Waals surface area contributed by atoms with Gasteiger partial charge in [0.15, 0.2) is 0 Å². The number of aryl methyl sites for hydroxylation is 1. The molecule has 0 amide bonds. The standard InChI is InChI=1S/C9H11NO3S/c10-14(12,13)9-6-2-1-4-8(9)5-3-7-11/h1-2,4,6-7H,3,5H2,(H2,10,12,13). The van der Waals surface area contributed by atoms with E-state index in [1.54, 1.807) is 18.2 Å². The van der Waals surface area contributed by atoms with Gasteiger partial charge in [0, 0.05) is 6.42 Å². The predicted octanol–water partition coefficient (Wildman–Crippen LogP) is 0.466. The van der Waals surface area contributed by atoms with Gasteiger partial charge in [0.25, 0.3) is 0 Å². The number of hydrogen-bond acceptors (Lipinski definition) is 3. The Morgan fingerprint density at radius 2 is 1.93 bits per heavy atom. The van der Waals surface area contributed by atoms with Crippen molar-refractivity contribution >= 4 is 16.3 Å². The first kappa shape index (κ1) is 10.9. The van der Waals surface area contributed by atoms with E-state index in [0.29, 0.717) is 18.4 Å². The van der Waals surface area contributed by atoms with Gasteiger partial charge in [-0.05, 0) is 18.1 Å². The number of rotatable bonds is 4. The highest BCUT2D eigenvalue weighted by Crippen LogP contribution is 2.14. The Kier molecular flexibility index (Phi) is 3.38. The summed E-state index contributed by atoms with van der Waals surface area (Å²) in [5, 5.41) is 5.01. The third-order valence-electron chi connectivity index (χ3n) is 1.81. The lowest BCUT2D eigenvalue weighted by atomic mass is 10.1. The molecule has 14 heavy (non-hydrogen) atoms. The maximum absolute atomic E-state index is 11.1. The monoisotopic (exact) mass is 213 g/mol. The quantitative estimate of drug-likeness (QED) is 0.738. The van der Waals surface area contributed by atoms with Crippen molar-refractivity contribution < 1.29 is 13.2 Å². The molecule has 0 aliphatic carbocycles. The van der Waals surface area contributed by atoms with Gasteiger partial charge in [-0.15, -0.1) is 0 Å². The van der Waals surface area contributed by atoms with Crippen LogP contribution in [0.3, 0.4) is 0 Å². The third-order valence-corrected chi connectivity index (χ3v) is 2.82. The molecule has 0 aliphatic rings.